The molecule has 0 unspecified atom stereocenters. The van der Waals surface area contributed by atoms with Crippen LogP contribution in [0.1, 0.15) is 5.76 Å². The topological polar surface area (TPSA) is 77.9 Å². The molecule has 0 bridgehead atoms. The van der Waals surface area contributed by atoms with Crippen LogP contribution in [0.4, 0.5) is 11.6 Å². The van der Waals surface area contributed by atoms with E-state index < -0.39 is 4.92 Å². The van der Waals surface area contributed by atoms with Gasteiger partial charge in [0.25, 0.3) is 0 Å². The minimum absolute atomic E-state index is 0.309. The van der Waals surface area contributed by atoms with Crippen molar-refractivity contribution in [1.29, 1.82) is 0 Å². The molecule has 0 aliphatic carbocycles. The van der Waals surface area contributed by atoms with E-state index >= 15 is 0 Å². The minimum Gasteiger partial charge on any atom is -0.494 e. The average molecular weight is 246 g/mol. The van der Waals surface area contributed by atoms with Gasteiger partial charge in [0.05, 0.1) is 19.4 Å². The van der Waals surface area contributed by atoms with Gasteiger partial charge in [-0.15, -0.1) is 0 Å². The highest BCUT2D eigenvalue weighted by molar-refractivity contribution is 5.79. The van der Waals surface area contributed by atoms with Crippen LogP contribution in [-0.4, -0.2) is 18.2 Å². The van der Waals surface area contributed by atoms with Crippen molar-refractivity contribution in [3.05, 3.63) is 52.3 Å². The molecule has 2 rings (SSSR count). The summed E-state index contributed by atoms with van der Waals surface area (Å²) in [4.78, 5) is 14.0. The molecule has 18 heavy (non-hydrogen) atoms. The Morgan fingerprint density at radius 3 is 2.78 bits per heavy atom. The van der Waals surface area contributed by atoms with Crippen molar-refractivity contribution >= 4 is 17.8 Å². The smallest absolute Gasteiger partial charge is 0.433 e. The number of benzene rings is 1. The zero-order valence-electron chi connectivity index (χ0n) is 9.57. The van der Waals surface area contributed by atoms with E-state index in [2.05, 4.69) is 4.99 Å². The van der Waals surface area contributed by atoms with Crippen LogP contribution in [0.5, 0.6) is 5.75 Å². The highest BCUT2D eigenvalue weighted by atomic mass is 16.6. The van der Waals surface area contributed by atoms with Crippen LogP contribution in [0.3, 0.4) is 0 Å². The zero-order chi connectivity index (χ0) is 13.0. The van der Waals surface area contributed by atoms with Gasteiger partial charge in [0.2, 0.25) is 0 Å². The first kappa shape index (κ1) is 11.8. The van der Waals surface area contributed by atoms with E-state index in [4.69, 9.17) is 9.15 Å². The summed E-state index contributed by atoms with van der Waals surface area (Å²) in [6, 6.07) is 9.96. The lowest BCUT2D eigenvalue weighted by molar-refractivity contribution is -0.402. The fourth-order valence-corrected chi connectivity index (χ4v) is 1.38. The number of furan rings is 1. The van der Waals surface area contributed by atoms with Gasteiger partial charge in [-0.3, -0.25) is 10.1 Å². The molecule has 0 aliphatic heterocycles. The van der Waals surface area contributed by atoms with Gasteiger partial charge in [-0.2, -0.15) is 0 Å². The second kappa shape index (κ2) is 5.13. The first-order valence-electron chi connectivity index (χ1n) is 5.12. The maximum absolute atomic E-state index is 10.4. The Labute approximate surface area is 103 Å². The molecular weight excluding hydrogens is 236 g/mol. The van der Waals surface area contributed by atoms with Crippen molar-refractivity contribution in [2.45, 2.75) is 0 Å². The van der Waals surface area contributed by atoms with E-state index in [0.717, 1.165) is 0 Å². The number of hydrogen-bond donors (Lipinski definition) is 0. The number of para-hydroxylation sites is 2. The van der Waals surface area contributed by atoms with E-state index in [1.807, 2.05) is 12.1 Å². The molecule has 1 aromatic carbocycles. The molecular formula is C12H10N2O4. The number of nitrogens with zero attached hydrogens (tertiary/aromatic N) is 2. The van der Waals surface area contributed by atoms with Crippen LogP contribution in [0.2, 0.25) is 0 Å². The molecule has 0 radical (unpaired) electrons. The van der Waals surface area contributed by atoms with Gasteiger partial charge in [-0.25, -0.2) is 4.99 Å². The number of aliphatic imine (C=N–C) groups is 1. The number of rotatable bonds is 4. The molecule has 0 saturated carbocycles. The molecule has 2 aromatic rings. The van der Waals surface area contributed by atoms with E-state index in [1.54, 1.807) is 19.2 Å². The Morgan fingerprint density at radius 2 is 2.11 bits per heavy atom. The largest absolute Gasteiger partial charge is 0.494 e. The van der Waals surface area contributed by atoms with Gasteiger partial charge in [0.1, 0.15) is 16.4 Å². The van der Waals surface area contributed by atoms with Crippen molar-refractivity contribution in [2.24, 2.45) is 4.99 Å². The Kier molecular flexibility index (Phi) is 3.38. The van der Waals surface area contributed by atoms with Gasteiger partial charge in [0, 0.05) is 0 Å². The van der Waals surface area contributed by atoms with Crippen molar-refractivity contribution in [1.82, 2.24) is 0 Å². The highest BCUT2D eigenvalue weighted by Crippen LogP contribution is 2.26. The normalized spacial score (nSPS) is 10.7. The summed E-state index contributed by atoms with van der Waals surface area (Å²) in [6.07, 6.45) is 1.41. The van der Waals surface area contributed by atoms with Gasteiger partial charge < -0.3 is 9.15 Å². The monoisotopic (exact) mass is 246 g/mol. The number of ether oxygens (including phenoxy) is 1. The van der Waals surface area contributed by atoms with Crippen LogP contribution >= 0.6 is 0 Å². The summed E-state index contributed by atoms with van der Waals surface area (Å²) in [5, 5.41) is 10.4. The van der Waals surface area contributed by atoms with Crippen LogP contribution in [0, 0.1) is 10.1 Å². The predicted molar refractivity (Wildman–Crippen MR) is 65.6 cm³/mol. The van der Waals surface area contributed by atoms with Crippen molar-refractivity contribution in [3.63, 3.8) is 0 Å². The van der Waals surface area contributed by atoms with Crippen molar-refractivity contribution < 1.29 is 14.1 Å². The first-order chi connectivity index (χ1) is 8.70. The SMILES string of the molecule is COc1ccccc1N=Cc1ccc([N+](=O)[O-])o1. The summed E-state index contributed by atoms with van der Waals surface area (Å²) in [5.74, 6) is 0.624. The first-order valence-corrected chi connectivity index (χ1v) is 5.12. The fraction of sp³-hybridized carbons (Fsp3) is 0.0833. The Morgan fingerprint density at radius 1 is 1.33 bits per heavy atom. The molecule has 0 N–H and O–H groups in total. The third kappa shape index (κ3) is 2.54. The average Bonchev–Trinajstić information content (AvgIpc) is 2.85. The number of methoxy groups -OCH3 is 1. The minimum atomic E-state index is -0.597. The summed E-state index contributed by atoms with van der Waals surface area (Å²) >= 11 is 0. The highest BCUT2D eigenvalue weighted by Gasteiger charge is 2.10. The van der Waals surface area contributed by atoms with E-state index in [9.17, 15) is 10.1 Å². The molecule has 6 nitrogen and oxygen atoms in total. The lowest BCUT2D eigenvalue weighted by Crippen LogP contribution is -1.84. The van der Waals surface area contributed by atoms with Gasteiger partial charge >= 0.3 is 5.88 Å². The lowest BCUT2D eigenvalue weighted by Gasteiger charge is -2.01. The molecule has 0 spiro atoms. The third-order valence-electron chi connectivity index (χ3n) is 2.21. The fourth-order valence-electron chi connectivity index (χ4n) is 1.38. The van der Waals surface area contributed by atoms with Crippen molar-refractivity contribution in [2.75, 3.05) is 7.11 Å². The molecule has 6 heteroatoms. The molecule has 1 heterocycles. The Balaban J connectivity index is 2.21. The number of hydrogen-bond acceptors (Lipinski definition) is 5. The summed E-state index contributed by atoms with van der Waals surface area (Å²) in [5.41, 5.74) is 0.624. The summed E-state index contributed by atoms with van der Waals surface area (Å²) in [6.45, 7) is 0. The van der Waals surface area contributed by atoms with Gasteiger partial charge in [-0.1, -0.05) is 12.1 Å². The van der Waals surface area contributed by atoms with Crippen LogP contribution in [0.15, 0.2) is 45.8 Å². The lowest BCUT2D eigenvalue weighted by atomic mass is 10.3. The zero-order valence-corrected chi connectivity index (χ0v) is 9.57. The third-order valence-corrected chi connectivity index (χ3v) is 2.21. The van der Waals surface area contributed by atoms with Crippen molar-refractivity contribution in [3.8, 4) is 5.75 Å². The van der Waals surface area contributed by atoms with E-state index in [-0.39, 0.29) is 5.88 Å². The maximum atomic E-state index is 10.4. The molecule has 0 atom stereocenters. The molecule has 0 amide bonds. The molecule has 0 fully saturated rings. The molecule has 0 saturated heterocycles. The molecule has 92 valence electrons. The van der Waals surface area contributed by atoms with Crippen LogP contribution < -0.4 is 4.74 Å². The second-order valence-corrected chi connectivity index (χ2v) is 3.36. The standard InChI is InChI=1S/C12H10N2O4/c1-17-11-5-3-2-4-10(11)13-8-9-6-7-12(18-9)14(15)16/h2-8H,1H3. The molecule has 0 aliphatic rings. The summed E-state index contributed by atoms with van der Waals surface area (Å²) in [7, 11) is 1.55. The molecule has 1 aromatic heterocycles. The predicted octanol–water partition coefficient (Wildman–Crippen LogP) is 2.95. The maximum Gasteiger partial charge on any atom is 0.433 e. The Hall–Kier alpha value is -2.63. The van der Waals surface area contributed by atoms with Crippen LogP contribution in [0.25, 0.3) is 0 Å². The van der Waals surface area contributed by atoms with E-state index in [1.165, 1.54) is 18.3 Å². The quantitative estimate of drug-likeness (QED) is 0.472. The van der Waals surface area contributed by atoms with Crippen LogP contribution in [-0.2, 0) is 0 Å². The Bertz CT molecular complexity index is 589. The number of nitro groups is 1. The second-order valence-electron chi connectivity index (χ2n) is 3.36. The summed E-state index contributed by atoms with van der Waals surface area (Å²) < 4.78 is 10.1. The van der Waals surface area contributed by atoms with E-state index in [0.29, 0.717) is 17.2 Å². The van der Waals surface area contributed by atoms with Gasteiger partial charge in [-0.05, 0) is 18.2 Å². The van der Waals surface area contributed by atoms with Gasteiger partial charge in [0.15, 0.2) is 5.76 Å².